The first kappa shape index (κ1) is 15.1. The Morgan fingerprint density at radius 2 is 1.95 bits per heavy atom. The van der Waals surface area contributed by atoms with Gasteiger partial charge in [-0.25, -0.2) is 0 Å². The molecule has 0 saturated carbocycles. The van der Waals surface area contributed by atoms with Crippen LogP contribution in [0.15, 0.2) is 46.9 Å². The third-order valence-corrected chi connectivity index (χ3v) is 4.26. The van der Waals surface area contributed by atoms with Crippen LogP contribution in [0.5, 0.6) is 0 Å². The Morgan fingerprint density at radius 3 is 2.59 bits per heavy atom. The highest BCUT2D eigenvalue weighted by Crippen LogP contribution is 2.25. The van der Waals surface area contributed by atoms with Crippen LogP contribution in [0.2, 0.25) is 0 Å². The summed E-state index contributed by atoms with van der Waals surface area (Å²) in [7, 11) is 0. The predicted octanol–water partition coefficient (Wildman–Crippen LogP) is 3.49. The molecule has 1 heterocycles. The van der Waals surface area contributed by atoms with Gasteiger partial charge in [-0.1, -0.05) is 12.1 Å². The Hall–Kier alpha value is -1.81. The maximum Gasteiger partial charge on any atom is 0.255 e. The average molecular weight is 470 g/mol. The van der Waals surface area contributed by atoms with Gasteiger partial charge in [-0.05, 0) is 74.1 Å². The molecule has 0 saturated heterocycles. The zero-order valence-corrected chi connectivity index (χ0v) is 14.8. The van der Waals surface area contributed by atoms with Crippen LogP contribution in [0, 0.1) is 3.57 Å². The van der Waals surface area contributed by atoms with Crippen molar-refractivity contribution >= 4 is 50.1 Å². The Bertz CT molecular complexity index is 805. The number of aromatic amines is 1. The Balaban J connectivity index is 1.77. The van der Waals surface area contributed by atoms with Crippen molar-refractivity contribution in [3.8, 4) is 11.4 Å². The van der Waals surface area contributed by atoms with Crippen molar-refractivity contribution < 1.29 is 4.79 Å². The highest BCUT2D eigenvalue weighted by atomic mass is 127. The fraction of sp³-hybridized carbons (Fsp3) is 0. The minimum atomic E-state index is -0.179. The molecule has 0 radical (unpaired) electrons. The lowest BCUT2D eigenvalue weighted by molar-refractivity contribution is 0.102. The second-order valence-corrected chi connectivity index (χ2v) is 6.49. The second kappa shape index (κ2) is 6.53. The maximum absolute atomic E-state index is 12.3. The van der Waals surface area contributed by atoms with Crippen LogP contribution in [-0.2, 0) is 0 Å². The lowest BCUT2D eigenvalue weighted by Gasteiger charge is -2.08. The first-order valence-electron chi connectivity index (χ1n) is 6.24. The van der Waals surface area contributed by atoms with Gasteiger partial charge in [-0.3, -0.25) is 4.79 Å². The van der Waals surface area contributed by atoms with Crippen LogP contribution in [0.4, 0.5) is 5.69 Å². The molecule has 22 heavy (non-hydrogen) atoms. The minimum Gasteiger partial charge on any atom is -0.321 e. The molecule has 6 nitrogen and oxygen atoms in total. The molecule has 1 aromatic heterocycles. The second-order valence-electron chi connectivity index (χ2n) is 4.39. The summed E-state index contributed by atoms with van der Waals surface area (Å²) < 4.78 is 1.93. The van der Waals surface area contributed by atoms with E-state index in [1.165, 1.54) is 0 Å². The van der Waals surface area contributed by atoms with E-state index in [4.69, 9.17) is 0 Å². The number of halogens is 2. The average Bonchev–Trinajstić information content (AvgIpc) is 3.04. The quantitative estimate of drug-likeness (QED) is 0.575. The number of nitrogens with one attached hydrogen (secondary N) is 2. The summed E-state index contributed by atoms with van der Waals surface area (Å²) in [6.45, 7) is 0. The van der Waals surface area contributed by atoms with E-state index in [0.29, 0.717) is 11.4 Å². The van der Waals surface area contributed by atoms with Crippen LogP contribution >= 0.6 is 38.5 Å². The van der Waals surface area contributed by atoms with E-state index >= 15 is 0 Å². The van der Waals surface area contributed by atoms with E-state index in [-0.39, 0.29) is 5.91 Å². The van der Waals surface area contributed by atoms with E-state index in [0.717, 1.165) is 19.3 Å². The van der Waals surface area contributed by atoms with Crippen molar-refractivity contribution in [3.05, 3.63) is 56.1 Å². The molecule has 2 aromatic carbocycles. The molecule has 3 rings (SSSR count). The summed E-state index contributed by atoms with van der Waals surface area (Å²) in [5.41, 5.74) is 2.08. The Labute approximate surface area is 148 Å². The van der Waals surface area contributed by atoms with Gasteiger partial charge >= 0.3 is 0 Å². The van der Waals surface area contributed by atoms with E-state index < -0.39 is 0 Å². The van der Waals surface area contributed by atoms with Gasteiger partial charge in [0.2, 0.25) is 5.82 Å². The predicted molar refractivity (Wildman–Crippen MR) is 94.4 cm³/mol. The fourth-order valence-electron chi connectivity index (χ4n) is 1.84. The van der Waals surface area contributed by atoms with Gasteiger partial charge in [-0.2, -0.15) is 5.21 Å². The number of amides is 1. The number of benzene rings is 2. The number of hydrogen-bond donors (Lipinski definition) is 2. The lowest BCUT2D eigenvalue weighted by atomic mass is 10.1. The zero-order valence-electron chi connectivity index (χ0n) is 11.0. The van der Waals surface area contributed by atoms with Gasteiger partial charge in [0.15, 0.2) is 0 Å². The standard InChI is InChI=1S/C14H9BrIN5O/c15-11-7-10(16)5-6-12(11)17-14(22)9-3-1-8(2-4-9)13-18-20-21-19-13/h1-7H,(H,17,22)(H,18,19,20,21). The molecule has 0 fully saturated rings. The first-order valence-corrected chi connectivity index (χ1v) is 8.11. The van der Waals surface area contributed by atoms with Crippen molar-refractivity contribution in [1.82, 2.24) is 20.6 Å². The first-order chi connectivity index (χ1) is 10.6. The maximum atomic E-state index is 12.3. The van der Waals surface area contributed by atoms with Gasteiger partial charge in [0.05, 0.1) is 5.69 Å². The molecule has 0 unspecified atom stereocenters. The molecule has 1 amide bonds. The largest absolute Gasteiger partial charge is 0.321 e. The number of tetrazole rings is 1. The van der Waals surface area contributed by atoms with Crippen molar-refractivity contribution in [2.24, 2.45) is 0 Å². The number of carbonyl (C=O) groups excluding carboxylic acids is 1. The Kier molecular flexibility index (Phi) is 4.48. The molecular formula is C14H9BrIN5O. The van der Waals surface area contributed by atoms with Crippen LogP contribution in [0.3, 0.4) is 0 Å². The summed E-state index contributed by atoms with van der Waals surface area (Å²) >= 11 is 5.65. The summed E-state index contributed by atoms with van der Waals surface area (Å²) in [6.07, 6.45) is 0. The molecule has 0 atom stereocenters. The summed E-state index contributed by atoms with van der Waals surface area (Å²) in [5, 5.41) is 16.6. The third kappa shape index (κ3) is 3.33. The summed E-state index contributed by atoms with van der Waals surface area (Å²) in [6, 6.07) is 12.7. The van der Waals surface area contributed by atoms with Crippen molar-refractivity contribution in [2.45, 2.75) is 0 Å². The van der Waals surface area contributed by atoms with Crippen LogP contribution < -0.4 is 5.32 Å². The van der Waals surface area contributed by atoms with Gasteiger partial charge in [-0.15, -0.1) is 10.2 Å². The molecule has 0 aliphatic carbocycles. The van der Waals surface area contributed by atoms with Crippen LogP contribution in [0.25, 0.3) is 11.4 Å². The third-order valence-electron chi connectivity index (χ3n) is 2.93. The van der Waals surface area contributed by atoms with Gasteiger partial charge in [0, 0.05) is 19.2 Å². The number of H-pyrrole nitrogens is 1. The zero-order chi connectivity index (χ0) is 15.5. The summed E-state index contributed by atoms with van der Waals surface area (Å²) in [5.74, 6) is 0.314. The topological polar surface area (TPSA) is 83.6 Å². The van der Waals surface area contributed by atoms with E-state index in [1.54, 1.807) is 24.3 Å². The molecule has 3 aromatic rings. The van der Waals surface area contributed by atoms with E-state index in [2.05, 4.69) is 64.5 Å². The molecule has 8 heteroatoms. The SMILES string of the molecule is O=C(Nc1ccc(I)cc1Br)c1ccc(-c2nn[nH]n2)cc1. The number of carbonyl (C=O) groups is 1. The highest BCUT2D eigenvalue weighted by Gasteiger charge is 2.10. The summed E-state index contributed by atoms with van der Waals surface area (Å²) in [4.78, 5) is 12.3. The number of hydrogen-bond acceptors (Lipinski definition) is 4. The lowest BCUT2D eigenvalue weighted by Crippen LogP contribution is -2.12. The number of nitrogens with zero attached hydrogens (tertiary/aromatic N) is 3. The normalized spacial score (nSPS) is 10.5. The molecule has 2 N–H and O–H groups in total. The minimum absolute atomic E-state index is 0.179. The molecule has 0 bridgehead atoms. The van der Waals surface area contributed by atoms with E-state index in [1.807, 2.05) is 18.2 Å². The van der Waals surface area contributed by atoms with Gasteiger partial charge in [0.1, 0.15) is 0 Å². The van der Waals surface area contributed by atoms with Gasteiger partial charge in [0.25, 0.3) is 5.91 Å². The molecule has 0 spiro atoms. The van der Waals surface area contributed by atoms with Crippen molar-refractivity contribution in [1.29, 1.82) is 0 Å². The number of anilines is 1. The van der Waals surface area contributed by atoms with Gasteiger partial charge < -0.3 is 5.32 Å². The fourth-order valence-corrected chi connectivity index (χ4v) is 3.24. The van der Waals surface area contributed by atoms with Crippen LogP contribution in [-0.4, -0.2) is 26.5 Å². The monoisotopic (exact) mass is 469 g/mol. The number of aromatic nitrogens is 4. The van der Waals surface area contributed by atoms with Crippen molar-refractivity contribution in [3.63, 3.8) is 0 Å². The van der Waals surface area contributed by atoms with Crippen molar-refractivity contribution in [2.75, 3.05) is 5.32 Å². The van der Waals surface area contributed by atoms with E-state index in [9.17, 15) is 4.79 Å². The smallest absolute Gasteiger partial charge is 0.255 e. The molecule has 110 valence electrons. The highest BCUT2D eigenvalue weighted by molar-refractivity contribution is 14.1. The van der Waals surface area contributed by atoms with Crippen LogP contribution in [0.1, 0.15) is 10.4 Å². The molecule has 0 aliphatic heterocycles. The molecular weight excluding hydrogens is 461 g/mol. The molecule has 0 aliphatic rings. The number of rotatable bonds is 3. The Morgan fingerprint density at radius 1 is 1.18 bits per heavy atom.